The molecule has 0 spiro atoms. The van der Waals surface area contributed by atoms with Crippen molar-refractivity contribution in [2.45, 2.75) is 6.54 Å². The molecule has 0 amide bonds. The van der Waals surface area contributed by atoms with Crippen LogP contribution in [0.15, 0.2) is 24.3 Å². The number of rotatable bonds is 7. The molecule has 0 bridgehead atoms. The van der Waals surface area contributed by atoms with Crippen LogP contribution in [-0.4, -0.2) is 46.4 Å². The van der Waals surface area contributed by atoms with E-state index >= 15 is 0 Å². The summed E-state index contributed by atoms with van der Waals surface area (Å²) in [5, 5.41) is 17.8. The lowest BCUT2D eigenvalue weighted by atomic mass is 10.1. The Labute approximate surface area is 107 Å². The Morgan fingerprint density at radius 2 is 1.65 bits per heavy atom. The Hall–Kier alpha value is -1.01. The summed E-state index contributed by atoms with van der Waals surface area (Å²) in [5.41, 5.74) is 7.47. The zero-order chi connectivity index (χ0) is 12.7. The highest BCUT2D eigenvalue weighted by Crippen LogP contribution is 2.07. The molecule has 4 nitrogen and oxygen atoms in total. The van der Waals surface area contributed by atoms with E-state index in [9.17, 15) is 0 Å². The first-order chi connectivity index (χ1) is 8.17. The average Bonchev–Trinajstić information content (AvgIpc) is 2.30. The number of thiocarbonyl (C=S) groups is 1. The molecule has 5 heteroatoms. The van der Waals surface area contributed by atoms with Crippen molar-refractivity contribution < 1.29 is 10.2 Å². The molecule has 0 fully saturated rings. The van der Waals surface area contributed by atoms with Crippen molar-refractivity contribution in [3.8, 4) is 0 Å². The normalized spacial score (nSPS) is 10.8. The Kier molecular flexibility index (Phi) is 6.07. The van der Waals surface area contributed by atoms with Crippen LogP contribution in [0.3, 0.4) is 0 Å². The number of hydrogen-bond acceptors (Lipinski definition) is 4. The molecular formula is C12H18N2O2S. The predicted molar refractivity (Wildman–Crippen MR) is 71.8 cm³/mol. The molecular weight excluding hydrogens is 236 g/mol. The Morgan fingerprint density at radius 3 is 2.06 bits per heavy atom. The fourth-order valence-corrected chi connectivity index (χ4v) is 1.72. The molecule has 0 aliphatic rings. The number of aliphatic hydroxyl groups is 2. The van der Waals surface area contributed by atoms with Gasteiger partial charge in [-0.25, -0.2) is 0 Å². The largest absolute Gasteiger partial charge is 0.395 e. The van der Waals surface area contributed by atoms with Gasteiger partial charge in [-0.1, -0.05) is 36.5 Å². The standard InChI is InChI=1S/C12H18N2O2S/c13-12(17)11-3-1-10(2-4-11)9-14(5-7-15)6-8-16/h1-4,15-16H,5-9H2,(H2,13,17). The minimum Gasteiger partial charge on any atom is -0.395 e. The SMILES string of the molecule is NC(=S)c1ccc(CN(CCO)CCO)cc1. The van der Waals surface area contributed by atoms with E-state index in [1.165, 1.54) is 0 Å². The predicted octanol–water partition coefficient (Wildman–Crippen LogP) is 0.107. The highest BCUT2D eigenvalue weighted by Gasteiger charge is 2.05. The first kappa shape index (κ1) is 14.1. The number of nitrogens with two attached hydrogens (primary N) is 1. The van der Waals surface area contributed by atoms with Gasteiger partial charge >= 0.3 is 0 Å². The van der Waals surface area contributed by atoms with E-state index in [2.05, 4.69) is 0 Å². The van der Waals surface area contributed by atoms with Crippen LogP contribution < -0.4 is 5.73 Å². The summed E-state index contributed by atoms with van der Waals surface area (Å²) in [7, 11) is 0. The molecule has 0 atom stereocenters. The van der Waals surface area contributed by atoms with Crippen LogP contribution in [0, 0.1) is 0 Å². The molecule has 0 heterocycles. The van der Waals surface area contributed by atoms with Crippen molar-refractivity contribution in [1.82, 2.24) is 4.90 Å². The van der Waals surface area contributed by atoms with Crippen molar-refractivity contribution in [2.75, 3.05) is 26.3 Å². The van der Waals surface area contributed by atoms with Crippen molar-refractivity contribution >= 4 is 17.2 Å². The minimum atomic E-state index is 0.0883. The summed E-state index contributed by atoms with van der Waals surface area (Å²) in [4.78, 5) is 2.37. The average molecular weight is 254 g/mol. The molecule has 94 valence electrons. The fourth-order valence-electron chi connectivity index (χ4n) is 1.59. The monoisotopic (exact) mass is 254 g/mol. The topological polar surface area (TPSA) is 69.7 Å². The number of hydrogen-bond donors (Lipinski definition) is 3. The first-order valence-corrected chi connectivity index (χ1v) is 5.91. The second-order valence-electron chi connectivity index (χ2n) is 3.78. The molecule has 17 heavy (non-hydrogen) atoms. The molecule has 0 aliphatic carbocycles. The third-order valence-electron chi connectivity index (χ3n) is 2.48. The van der Waals surface area contributed by atoms with Gasteiger partial charge in [0.1, 0.15) is 4.99 Å². The number of benzene rings is 1. The third-order valence-corrected chi connectivity index (χ3v) is 2.71. The smallest absolute Gasteiger partial charge is 0.103 e. The van der Waals surface area contributed by atoms with Gasteiger partial charge in [0.15, 0.2) is 0 Å². The maximum Gasteiger partial charge on any atom is 0.103 e. The first-order valence-electron chi connectivity index (χ1n) is 5.50. The third kappa shape index (κ3) is 4.79. The highest BCUT2D eigenvalue weighted by atomic mass is 32.1. The quantitative estimate of drug-likeness (QED) is 0.602. The molecule has 0 saturated heterocycles. The summed E-state index contributed by atoms with van der Waals surface area (Å²) in [6.45, 7) is 1.98. The maximum absolute atomic E-state index is 8.90. The second-order valence-corrected chi connectivity index (χ2v) is 4.22. The molecule has 1 rings (SSSR count). The molecule has 0 aliphatic heterocycles. The molecule has 0 radical (unpaired) electrons. The molecule has 0 aromatic heterocycles. The molecule has 1 aromatic carbocycles. The summed E-state index contributed by atoms with van der Waals surface area (Å²) in [6.07, 6.45) is 0. The van der Waals surface area contributed by atoms with E-state index in [1.807, 2.05) is 29.2 Å². The van der Waals surface area contributed by atoms with E-state index in [0.29, 0.717) is 24.6 Å². The van der Waals surface area contributed by atoms with Crippen LogP contribution in [0.4, 0.5) is 0 Å². The van der Waals surface area contributed by atoms with Crippen molar-refractivity contribution in [3.63, 3.8) is 0 Å². The van der Waals surface area contributed by atoms with Crippen LogP contribution in [0.25, 0.3) is 0 Å². The van der Waals surface area contributed by atoms with Gasteiger partial charge in [0.2, 0.25) is 0 Å². The van der Waals surface area contributed by atoms with Crippen LogP contribution in [0.1, 0.15) is 11.1 Å². The van der Waals surface area contributed by atoms with E-state index in [0.717, 1.165) is 11.1 Å². The molecule has 0 saturated carbocycles. The zero-order valence-electron chi connectivity index (χ0n) is 9.67. The van der Waals surface area contributed by atoms with Crippen molar-refractivity contribution in [1.29, 1.82) is 0 Å². The Bertz CT molecular complexity index is 348. The van der Waals surface area contributed by atoms with Crippen molar-refractivity contribution in [3.05, 3.63) is 35.4 Å². The van der Waals surface area contributed by atoms with Crippen LogP contribution in [-0.2, 0) is 6.54 Å². The summed E-state index contributed by atoms with van der Waals surface area (Å²) in [5.74, 6) is 0. The van der Waals surface area contributed by atoms with Gasteiger partial charge in [0.05, 0.1) is 13.2 Å². The van der Waals surface area contributed by atoms with Crippen molar-refractivity contribution in [2.24, 2.45) is 5.73 Å². The maximum atomic E-state index is 8.90. The lowest BCUT2D eigenvalue weighted by Gasteiger charge is -2.20. The summed E-state index contributed by atoms with van der Waals surface area (Å²) in [6, 6.07) is 7.67. The number of aliphatic hydroxyl groups excluding tert-OH is 2. The van der Waals surface area contributed by atoms with E-state index in [-0.39, 0.29) is 13.2 Å². The van der Waals surface area contributed by atoms with Gasteiger partial charge in [0.25, 0.3) is 0 Å². The summed E-state index contributed by atoms with van der Waals surface area (Å²) >= 11 is 4.88. The highest BCUT2D eigenvalue weighted by molar-refractivity contribution is 7.80. The van der Waals surface area contributed by atoms with E-state index < -0.39 is 0 Å². The molecule has 1 aromatic rings. The van der Waals surface area contributed by atoms with E-state index in [4.69, 9.17) is 28.2 Å². The molecule has 0 unspecified atom stereocenters. The molecule has 4 N–H and O–H groups in total. The second kappa shape index (κ2) is 7.34. The zero-order valence-corrected chi connectivity index (χ0v) is 10.5. The van der Waals surface area contributed by atoms with Gasteiger partial charge in [-0.2, -0.15) is 0 Å². The van der Waals surface area contributed by atoms with Gasteiger partial charge < -0.3 is 15.9 Å². The Morgan fingerprint density at radius 1 is 1.12 bits per heavy atom. The number of nitrogens with zero attached hydrogens (tertiary/aromatic N) is 1. The van der Waals surface area contributed by atoms with Gasteiger partial charge in [-0.05, 0) is 5.56 Å². The van der Waals surface area contributed by atoms with Gasteiger partial charge in [0, 0.05) is 25.2 Å². The van der Waals surface area contributed by atoms with Gasteiger partial charge in [-0.3, -0.25) is 4.90 Å². The van der Waals surface area contributed by atoms with Gasteiger partial charge in [-0.15, -0.1) is 0 Å². The minimum absolute atomic E-state index is 0.0883. The van der Waals surface area contributed by atoms with Crippen LogP contribution in [0.2, 0.25) is 0 Å². The fraction of sp³-hybridized carbons (Fsp3) is 0.417. The lowest BCUT2D eigenvalue weighted by molar-refractivity contribution is 0.156. The summed E-state index contributed by atoms with van der Waals surface area (Å²) < 4.78 is 0. The van der Waals surface area contributed by atoms with E-state index in [1.54, 1.807) is 0 Å². The Balaban J connectivity index is 2.62. The lowest BCUT2D eigenvalue weighted by Crippen LogP contribution is -2.29. The van der Waals surface area contributed by atoms with Crippen LogP contribution in [0.5, 0.6) is 0 Å². The van der Waals surface area contributed by atoms with Crippen LogP contribution >= 0.6 is 12.2 Å².